The van der Waals surface area contributed by atoms with Crippen LogP contribution in [0.4, 0.5) is 4.79 Å². The molecular formula is C24H23BrN4O4. The van der Waals surface area contributed by atoms with Gasteiger partial charge in [0.1, 0.15) is 5.75 Å². The van der Waals surface area contributed by atoms with Crippen molar-refractivity contribution in [2.45, 2.75) is 19.9 Å². The number of hydrogen-bond donors (Lipinski definition) is 2. The maximum absolute atomic E-state index is 12.8. The average molecular weight is 511 g/mol. The van der Waals surface area contributed by atoms with Crippen LogP contribution in [0.3, 0.4) is 0 Å². The first-order valence-electron chi connectivity index (χ1n) is 10.4. The van der Waals surface area contributed by atoms with E-state index in [2.05, 4.69) is 26.6 Å². The molecule has 0 radical (unpaired) electrons. The largest absolute Gasteiger partial charge is 0.496 e. The fourth-order valence-electron chi connectivity index (χ4n) is 3.76. The van der Waals surface area contributed by atoms with E-state index in [1.165, 1.54) is 0 Å². The van der Waals surface area contributed by atoms with Crippen LogP contribution >= 0.6 is 15.9 Å². The van der Waals surface area contributed by atoms with Crippen LogP contribution in [-0.4, -0.2) is 35.5 Å². The Morgan fingerprint density at radius 1 is 1.21 bits per heavy atom. The summed E-state index contributed by atoms with van der Waals surface area (Å²) in [5.74, 6) is 0.183. The van der Waals surface area contributed by atoms with Gasteiger partial charge in [0.15, 0.2) is 0 Å². The van der Waals surface area contributed by atoms with Gasteiger partial charge in [-0.2, -0.15) is 5.10 Å². The number of carbonyl (C=O) groups excluding carboxylic acids is 2. The summed E-state index contributed by atoms with van der Waals surface area (Å²) in [5, 5.41) is 10.4. The van der Waals surface area contributed by atoms with E-state index in [-0.39, 0.29) is 6.61 Å². The third-order valence-electron chi connectivity index (χ3n) is 5.26. The van der Waals surface area contributed by atoms with E-state index in [9.17, 15) is 9.59 Å². The minimum absolute atomic E-state index is 0.220. The molecule has 2 heterocycles. The second-order valence-corrected chi connectivity index (χ2v) is 8.21. The molecule has 0 aliphatic carbocycles. The first-order valence-corrected chi connectivity index (χ1v) is 11.2. The van der Waals surface area contributed by atoms with Gasteiger partial charge in [0, 0.05) is 23.0 Å². The lowest BCUT2D eigenvalue weighted by atomic mass is 9.94. The number of rotatable bonds is 6. The molecule has 0 saturated carbocycles. The zero-order valence-electron chi connectivity index (χ0n) is 18.4. The fourth-order valence-corrected chi connectivity index (χ4v) is 4.30. The zero-order valence-corrected chi connectivity index (χ0v) is 20.0. The molecule has 1 aliphatic heterocycles. The van der Waals surface area contributed by atoms with Gasteiger partial charge in [-0.1, -0.05) is 18.2 Å². The summed E-state index contributed by atoms with van der Waals surface area (Å²) in [6.45, 7) is 3.65. The summed E-state index contributed by atoms with van der Waals surface area (Å²) in [5.41, 5.74) is 3.68. The highest BCUT2D eigenvalue weighted by Gasteiger charge is 2.35. The number of allylic oxidation sites excluding steroid dienone is 1. The SMILES string of the molecule is CCOC(=O)C1=C(C)NC(=O)N[C@@H]1c1cn(-c2ccccc2)nc1-c1ccc(OC)c(Br)c1. The first kappa shape index (κ1) is 22.6. The molecule has 33 heavy (non-hydrogen) atoms. The quantitative estimate of drug-likeness (QED) is 0.476. The second kappa shape index (κ2) is 9.50. The molecule has 0 saturated heterocycles. The lowest BCUT2D eigenvalue weighted by Gasteiger charge is -2.27. The summed E-state index contributed by atoms with van der Waals surface area (Å²) in [6.07, 6.45) is 1.82. The fraction of sp³-hybridized carbons (Fsp3) is 0.208. The van der Waals surface area contributed by atoms with E-state index in [4.69, 9.17) is 14.6 Å². The molecule has 3 aromatic rings. The van der Waals surface area contributed by atoms with Crippen molar-refractivity contribution in [3.8, 4) is 22.7 Å². The summed E-state index contributed by atoms with van der Waals surface area (Å²) in [4.78, 5) is 25.2. The number of urea groups is 1. The van der Waals surface area contributed by atoms with E-state index < -0.39 is 18.0 Å². The van der Waals surface area contributed by atoms with Gasteiger partial charge in [0.05, 0.1) is 41.2 Å². The van der Waals surface area contributed by atoms with Crippen molar-refractivity contribution in [3.05, 3.63) is 76.0 Å². The second-order valence-electron chi connectivity index (χ2n) is 7.35. The van der Waals surface area contributed by atoms with Gasteiger partial charge in [-0.05, 0) is 60.1 Å². The minimum atomic E-state index is -0.744. The molecular weight excluding hydrogens is 488 g/mol. The van der Waals surface area contributed by atoms with Crippen LogP contribution in [-0.2, 0) is 9.53 Å². The number of nitrogens with zero attached hydrogens (tertiary/aromatic N) is 2. The molecule has 9 heteroatoms. The normalized spacial score (nSPS) is 15.6. The molecule has 0 bridgehead atoms. The van der Waals surface area contributed by atoms with Crippen LogP contribution < -0.4 is 15.4 Å². The van der Waals surface area contributed by atoms with Crippen molar-refractivity contribution in [1.82, 2.24) is 20.4 Å². The van der Waals surface area contributed by atoms with Gasteiger partial charge in [-0.3, -0.25) is 0 Å². The van der Waals surface area contributed by atoms with Crippen molar-refractivity contribution in [2.24, 2.45) is 0 Å². The predicted octanol–water partition coefficient (Wildman–Crippen LogP) is 4.50. The van der Waals surface area contributed by atoms with Crippen LogP contribution in [0, 0.1) is 0 Å². The van der Waals surface area contributed by atoms with Crippen molar-refractivity contribution < 1.29 is 19.1 Å². The molecule has 4 rings (SSSR count). The third kappa shape index (κ3) is 4.49. The number of hydrogen-bond acceptors (Lipinski definition) is 5. The Bertz CT molecular complexity index is 1240. The van der Waals surface area contributed by atoms with Gasteiger partial charge in [0.25, 0.3) is 0 Å². The molecule has 0 spiro atoms. The van der Waals surface area contributed by atoms with Gasteiger partial charge in [-0.25, -0.2) is 14.3 Å². The van der Waals surface area contributed by atoms with E-state index in [0.29, 0.717) is 28.3 Å². The molecule has 2 aromatic carbocycles. The maximum atomic E-state index is 12.8. The summed E-state index contributed by atoms with van der Waals surface area (Å²) in [7, 11) is 1.60. The van der Waals surface area contributed by atoms with E-state index in [1.54, 1.807) is 25.6 Å². The summed E-state index contributed by atoms with van der Waals surface area (Å²) >= 11 is 3.53. The predicted molar refractivity (Wildman–Crippen MR) is 127 cm³/mol. The number of benzene rings is 2. The van der Waals surface area contributed by atoms with E-state index in [1.807, 2.05) is 54.7 Å². The van der Waals surface area contributed by atoms with Crippen LogP contribution in [0.5, 0.6) is 5.75 Å². The first-order chi connectivity index (χ1) is 15.9. The number of ether oxygens (including phenoxy) is 2. The highest BCUT2D eigenvalue weighted by atomic mass is 79.9. The molecule has 8 nitrogen and oxygen atoms in total. The van der Waals surface area contributed by atoms with Crippen LogP contribution in [0.15, 0.2) is 70.5 Å². The van der Waals surface area contributed by atoms with Gasteiger partial charge in [0.2, 0.25) is 0 Å². The third-order valence-corrected chi connectivity index (χ3v) is 5.88. The molecule has 170 valence electrons. The highest BCUT2D eigenvalue weighted by Crippen LogP contribution is 2.37. The Morgan fingerprint density at radius 2 is 1.97 bits per heavy atom. The Morgan fingerprint density at radius 3 is 2.64 bits per heavy atom. The van der Waals surface area contributed by atoms with Gasteiger partial charge < -0.3 is 20.1 Å². The molecule has 2 amide bonds. The van der Waals surface area contributed by atoms with Crippen molar-refractivity contribution in [3.63, 3.8) is 0 Å². The summed E-state index contributed by atoms with van der Waals surface area (Å²) in [6, 6.07) is 14.1. The van der Waals surface area contributed by atoms with Crippen LogP contribution in [0.25, 0.3) is 16.9 Å². The molecule has 1 aliphatic rings. The number of para-hydroxylation sites is 1. The zero-order chi connectivity index (χ0) is 23.5. The number of esters is 1. The van der Waals surface area contributed by atoms with Gasteiger partial charge >= 0.3 is 12.0 Å². The lowest BCUT2D eigenvalue weighted by Crippen LogP contribution is -2.45. The standard InChI is InChI=1S/C24H23BrN4O4/c1-4-33-23(30)20-14(2)26-24(31)27-22(20)17-13-29(16-8-6-5-7-9-16)28-21(17)15-10-11-19(32-3)18(25)12-15/h5-13,22H,4H2,1-3H3,(H2,26,27,31)/t22-/m1/s1. The van der Waals surface area contributed by atoms with Crippen LogP contribution in [0.1, 0.15) is 25.5 Å². The Kier molecular flexibility index (Phi) is 6.50. The Hall–Kier alpha value is -3.59. The van der Waals surface area contributed by atoms with E-state index >= 15 is 0 Å². The maximum Gasteiger partial charge on any atom is 0.338 e. The smallest absolute Gasteiger partial charge is 0.338 e. The Labute approximate surface area is 199 Å². The van der Waals surface area contributed by atoms with E-state index in [0.717, 1.165) is 15.7 Å². The van der Waals surface area contributed by atoms with Crippen LogP contribution in [0.2, 0.25) is 0 Å². The number of halogens is 1. The molecule has 1 atom stereocenters. The molecule has 0 fully saturated rings. The van der Waals surface area contributed by atoms with Crippen molar-refractivity contribution in [1.29, 1.82) is 0 Å². The number of carbonyl (C=O) groups is 2. The number of methoxy groups -OCH3 is 1. The number of nitrogens with one attached hydrogen (secondary N) is 2. The van der Waals surface area contributed by atoms with Crippen molar-refractivity contribution >= 4 is 27.9 Å². The molecule has 1 aromatic heterocycles. The summed E-state index contributed by atoms with van der Waals surface area (Å²) < 4.78 is 13.1. The Balaban J connectivity index is 1.91. The highest BCUT2D eigenvalue weighted by molar-refractivity contribution is 9.10. The minimum Gasteiger partial charge on any atom is -0.496 e. The topological polar surface area (TPSA) is 94.5 Å². The number of aromatic nitrogens is 2. The van der Waals surface area contributed by atoms with Crippen molar-refractivity contribution in [2.75, 3.05) is 13.7 Å². The number of amides is 2. The molecule has 0 unspecified atom stereocenters. The van der Waals surface area contributed by atoms with Gasteiger partial charge in [-0.15, -0.1) is 0 Å². The monoisotopic (exact) mass is 510 g/mol. The lowest BCUT2D eigenvalue weighted by molar-refractivity contribution is -0.139. The molecule has 2 N–H and O–H groups in total. The average Bonchev–Trinajstić information content (AvgIpc) is 3.24.